The molecule has 0 bridgehead atoms. The van der Waals surface area contributed by atoms with E-state index < -0.39 is 26.5 Å². The molecule has 0 saturated carbocycles. The summed E-state index contributed by atoms with van der Waals surface area (Å²) in [6.07, 6.45) is 21.4. The number of hydrogen-bond donors (Lipinski definition) is 1. The van der Waals surface area contributed by atoms with Crippen molar-refractivity contribution in [2.45, 2.75) is 77.2 Å². The van der Waals surface area contributed by atoms with Crippen molar-refractivity contribution in [3.05, 3.63) is 36.5 Å². The van der Waals surface area contributed by atoms with Gasteiger partial charge >= 0.3 is 5.97 Å². The summed E-state index contributed by atoms with van der Waals surface area (Å²) in [7, 11) is 1.22. The summed E-state index contributed by atoms with van der Waals surface area (Å²) < 4.78 is 26.6. The van der Waals surface area contributed by atoms with Crippen LogP contribution in [-0.2, 0) is 23.1 Å². The van der Waals surface area contributed by atoms with E-state index >= 15 is 0 Å². The van der Waals surface area contributed by atoms with Crippen LogP contribution >= 0.6 is 7.82 Å². The fraction of sp³-hybridized carbons (Fsp3) is 0.731. The highest BCUT2D eigenvalue weighted by atomic mass is 31.2. The number of allylic oxidation sites excluding steroid dienone is 6. The normalized spacial score (nSPS) is 15.3. The Labute approximate surface area is 212 Å². The lowest BCUT2D eigenvalue weighted by molar-refractivity contribution is -0.870. The van der Waals surface area contributed by atoms with Gasteiger partial charge in [-0.2, -0.15) is 0 Å². The zero-order chi connectivity index (χ0) is 26.4. The van der Waals surface area contributed by atoms with Crippen LogP contribution in [0, 0.1) is 0 Å². The van der Waals surface area contributed by atoms with Crippen LogP contribution in [0.15, 0.2) is 36.5 Å². The van der Waals surface area contributed by atoms with Crippen LogP contribution in [0.3, 0.4) is 0 Å². The lowest BCUT2D eigenvalue weighted by Crippen LogP contribution is -2.37. The number of likely N-dealkylation sites (N-methyl/N-ethyl adjacent to an activating group) is 1. The number of rotatable bonds is 22. The number of quaternary nitrogens is 1. The van der Waals surface area contributed by atoms with Gasteiger partial charge in [0.25, 0.3) is 7.82 Å². The molecule has 0 spiro atoms. The first-order valence-electron chi connectivity index (χ1n) is 12.7. The number of phosphoric ester groups is 1. The van der Waals surface area contributed by atoms with E-state index in [0.717, 1.165) is 25.7 Å². The predicted octanol–water partition coefficient (Wildman–Crippen LogP) is 4.69. The Morgan fingerprint density at radius 3 is 2.06 bits per heavy atom. The van der Waals surface area contributed by atoms with E-state index in [0.29, 0.717) is 17.4 Å². The number of esters is 1. The molecule has 0 aliphatic rings. The first-order chi connectivity index (χ1) is 16.6. The molecule has 0 aromatic rings. The monoisotopic (exact) mass is 517 g/mol. The van der Waals surface area contributed by atoms with E-state index in [-0.39, 0.29) is 19.6 Å². The maximum Gasteiger partial charge on any atom is 0.305 e. The van der Waals surface area contributed by atoms with Gasteiger partial charge in [0.15, 0.2) is 0 Å². The van der Waals surface area contributed by atoms with Crippen LogP contribution in [0.1, 0.15) is 71.1 Å². The molecule has 0 aliphatic heterocycles. The van der Waals surface area contributed by atoms with E-state index in [1.807, 2.05) is 21.1 Å². The molecule has 0 aromatic carbocycles. The average Bonchev–Trinajstić information content (AvgIpc) is 2.78. The van der Waals surface area contributed by atoms with Gasteiger partial charge in [-0.05, 0) is 44.9 Å². The zero-order valence-corrected chi connectivity index (χ0v) is 23.1. The van der Waals surface area contributed by atoms with E-state index in [9.17, 15) is 19.4 Å². The minimum absolute atomic E-state index is 0.0158. The van der Waals surface area contributed by atoms with Crippen molar-refractivity contribution >= 4 is 13.8 Å². The number of ether oxygens (including phenoxy) is 1. The summed E-state index contributed by atoms with van der Waals surface area (Å²) in [5.74, 6) is -0.428. The molecule has 0 fully saturated rings. The highest BCUT2D eigenvalue weighted by Gasteiger charge is 2.16. The molecule has 0 heterocycles. The number of nitrogens with zero attached hydrogens (tertiary/aromatic N) is 1. The van der Waals surface area contributed by atoms with Crippen molar-refractivity contribution in [1.29, 1.82) is 0 Å². The molecule has 1 N–H and O–H groups in total. The summed E-state index contributed by atoms with van der Waals surface area (Å²) in [6, 6.07) is 0. The molecule has 204 valence electrons. The maximum absolute atomic E-state index is 11.8. The highest BCUT2D eigenvalue weighted by molar-refractivity contribution is 7.45. The topological polar surface area (TPSA) is 105 Å². The van der Waals surface area contributed by atoms with Gasteiger partial charge in [-0.25, -0.2) is 0 Å². The van der Waals surface area contributed by atoms with E-state index in [4.69, 9.17) is 9.26 Å². The largest absolute Gasteiger partial charge is 0.756 e. The molecule has 2 atom stereocenters. The lowest BCUT2D eigenvalue weighted by Gasteiger charge is -2.27. The van der Waals surface area contributed by atoms with Crippen molar-refractivity contribution in [2.75, 3.05) is 47.5 Å². The van der Waals surface area contributed by atoms with Crippen molar-refractivity contribution in [2.24, 2.45) is 0 Å². The molecular formula is C26H48NO7P. The summed E-state index contributed by atoms with van der Waals surface area (Å²) in [5.41, 5.74) is 0. The molecule has 0 saturated heterocycles. The quantitative estimate of drug-likeness (QED) is 0.0730. The fourth-order valence-corrected chi connectivity index (χ4v) is 3.51. The van der Waals surface area contributed by atoms with Gasteiger partial charge in [0.1, 0.15) is 25.9 Å². The minimum atomic E-state index is -4.50. The van der Waals surface area contributed by atoms with Crippen molar-refractivity contribution in [3.8, 4) is 0 Å². The van der Waals surface area contributed by atoms with Crippen LogP contribution < -0.4 is 4.89 Å². The molecule has 0 amide bonds. The van der Waals surface area contributed by atoms with Gasteiger partial charge in [0, 0.05) is 6.42 Å². The minimum Gasteiger partial charge on any atom is -0.756 e. The summed E-state index contributed by atoms with van der Waals surface area (Å²) in [5, 5.41) is 9.78. The predicted molar refractivity (Wildman–Crippen MR) is 139 cm³/mol. The SMILES string of the molecule is CCCCC/C=C/C/C=C/C/C=C/CCCCC(=O)OCC(O)COP(=O)([O-])OCC[N+](C)(C)C. The third-order valence-electron chi connectivity index (χ3n) is 4.89. The van der Waals surface area contributed by atoms with Gasteiger partial charge in [0.2, 0.25) is 0 Å². The van der Waals surface area contributed by atoms with E-state index in [1.165, 1.54) is 25.7 Å². The number of unbranched alkanes of at least 4 members (excludes halogenated alkanes) is 5. The number of aliphatic hydroxyl groups excluding tert-OH is 1. The molecule has 0 aromatic heterocycles. The number of phosphoric acid groups is 1. The average molecular weight is 518 g/mol. The third kappa shape index (κ3) is 25.6. The molecule has 0 rings (SSSR count). The Morgan fingerprint density at radius 2 is 1.49 bits per heavy atom. The van der Waals surface area contributed by atoms with Crippen molar-refractivity contribution in [1.82, 2.24) is 0 Å². The highest BCUT2D eigenvalue weighted by Crippen LogP contribution is 2.38. The van der Waals surface area contributed by atoms with E-state index in [1.54, 1.807) is 0 Å². The summed E-state index contributed by atoms with van der Waals surface area (Å²) >= 11 is 0. The van der Waals surface area contributed by atoms with Crippen LogP contribution in [0.2, 0.25) is 0 Å². The molecule has 0 radical (unpaired) electrons. The molecular weight excluding hydrogens is 469 g/mol. The third-order valence-corrected chi connectivity index (χ3v) is 5.86. The molecule has 8 nitrogen and oxygen atoms in total. The van der Waals surface area contributed by atoms with Gasteiger partial charge in [0.05, 0.1) is 27.7 Å². The molecule has 2 unspecified atom stereocenters. The number of hydrogen-bond acceptors (Lipinski definition) is 7. The van der Waals surface area contributed by atoms with Crippen LogP contribution in [0.5, 0.6) is 0 Å². The Balaban J connectivity index is 3.73. The van der Waals surface area contributed by atoms with Crippen molar-refractivity contribution < 1.29 is 37.6 Å². The number of carbonyl (C=O) groups excluding carboxylic acids is 1. The maximum atomic E-state index is 11.8. The molecule has 0 aliphatic carbocycles. The fourth-order valence-electron chi connectivity index (χ4n) is 2.77. The first kappa shape index (κ1) is 33.7. The Kier molecular flexibility index (Phi) is 20.1. The lowest BCUT2D eigenvalue weighted by atomic mass is 10.1. The number of carbonyl (C=O) groups is 1. The smallest absolute Gasteiger partial charge is 0.305 e. The van der Waals surface area contributed by atoms with Crippen LogP contribution in [0.25, 0.3) is 0 Å². The summed E-state index contributed by atoms with van der Waals surface area (Å²) in [6.45, 7) is 1.84. The zero-order valence-electron chi connectivity index (χ0n) is 22.2. The van der Waals surface area contributed by atoms with Crippen LogP contribution in [-0.4, -0.2) is 69.2 Å². The van der Waals surface area contributed by atoms with E-state index in [2.05, 4.69) is 47.9 Å². The number of aliphatic hydroxyl groups is 1. The Bertz CT molecular complexity index is 671. The molecule has 9 heteroatoms. The van der Waals surface area contributed by atoms with Gasteiger partial charge < -0.3 is 28.3 Å². The Hall–Kier alpha value is -1.28. The second-order valence-corrected chi connectivity index (χ2v) is 11.0. The van der Waals surface area contributed by atoms with Gasteiger partial charge in [-0.3, -0.25) is 9.36 Å². The van der Waals surface area contributed by atoms with Gasteiger partial charge in [-0.1, -0.05) is 56.2 Å². The van der Waals surface area contributed by atoms with Crippen molar-refractivity contribution in [3.63, 3.8) is 0 Å². The second-order valence-electron chi connectivity index (χ2n) is 9.55. The second kappa shape index (κ2) is 20.9. The Morgan fingerprint density at radius 1 is 0.914 bits per heavy atom. The summed E-state index contributed by atoms with van der Waals surface area (Å²) in [4.78, 5) is 23.4. The molecule has 35 heavy (non-hydrogen) atoms. The van der Waals surface area contributed by atoms with Crippen LogP contribution in [0.4, 0.5) is 0 Å². The first-order valence-corrected chi connectivity index (χ1v) is 14.2. The standard InChI is InChI=1S/C26H48NO7P/c1-5-6-7-8-9-10-11-12-13-14-15-16-17-18-19-20-26(29)32-23-25(28)24-34-35(30,31)33-22-21-27(2,3)4/h9-10,12-13,15-16,25,28H,5-8,11,14,17-24H2,1-4H3/b10-9+,13-12+,16-15+. The van der Waals surface area contributed by atoms with Gasteiger partial charge in [-0.15, -0.1) is 0 Å².